The monoisotopic (exact) mass is 245 g/mol. The Kier molecular flexibility index (Phi) is 2.45. The lowest BCUT2D eigenvalue weighted by Gasteiger charge is -2.09. The normalized spacial score (nSPS) is 12.8. The van der Waals surface area contributed by atoms with E-state index in [1.807, 2.05) is 30.3 Å². The van der Waals surface area contributed by atoms with Gasteiger partial charge in [0, 0.05) is 23.2 Å². The Morgan fingerprint density at radius 1 is 1.18 bits per heavy atom. The molecule has 0 spiro atoms. The maximum Gasteiger partial charge on any atom is 0.152 e. The number of benzene rings is 2. The fourth-order valence-corrected chi connectivity index (χ4v) is 2.19. The van der Waals surface area contributed by atoms with Gasteiger partial charge in [0.2, 0.25) is 0 Å². The molecule has 1 aliphatic rings. The Hall–Kier alpha value is -1.67. The first-order valence-electron chi connectivity index (χ1n) is 5.54. The highest BCUT2D eigenvalue weighted by Crippen LogP contribution is 2.37. The van der Waals surface area contributed by atoms with Crippen molar-refractivity contribution in [3.8, 4) is 11.5 Å². The molecular weight excluding hydrogens is 234 g/mol. The summed E-state index contributed by atoms with van der Waals surface area (Å²) >= 11 is 5.98. The van der Waals surface area contributed by atoms with Crippen LogP contribution in [0.15, 0.2) is 36.4 Å². The molecule has 1 heterocycles. The molecule has 0 aromatic heterocycles. The van der Waals surface area contributed by atoms with E-state index in [2.05, 4.69) is 18.3 Å². The zero-order valence-corrected chi connectivity index (χ0v) is 10.2. The van der Waals surface area contributed by atoms with E-state index in [4.69, 9.17) is 16.3 Å². The van der Waals surface area contributed by atoms with Crippen LogP contribution in [0.25, 0.3) is 0 Å². The highest BCUT2D eigenvalue weighted by molar-refractivity contribution is 6.30. The minimum absolute atomic E-state index is 0.682. The molecule has 1 aliphatic heterocycles. The van der Waals surface area contributed by atoms with Crippen LogP contribution in [-0.2, 0) is 6.54 Å². The summed E-state index contributed by atoms with van der Waals surface area (Å²) < 4.78 is 5.92. The van der Waals surface area contributed by atoms with E-state index in [1.165, 1.54) is 11.1 Å². The maximum absolute atomic E-state index is 5.98. The molecule has 0 amide bonds. The minimum Gasteiger partial charge on any atom is -0.455 e. The molecule has 0 bridgehead atoms. The Labute approximate surface area is 105 Å². The van der Waals surface area contributed by atoms with Crippen LogP contribution in [0.2, 0.25) is 5.02 Å². The standard InChI is InChI=1S/C14H12ClNO/c1-9-3-2-4-13-11(9)8-16-12-6-5-10(15)7-14(12)17-13/h2-7,16H,8H2,1H3. The Morgan fingerprint density at radius 3 is 2.94 bits per heavy atom. The van der Waals surface area contributed by atoms with Crippen LogP contribution in [0, 0.1) is 6.92 Å². The lowest BCUT2D eigenvalue weighted by atomic mass is 10.1. The zero-order valence-electron chi connectivity index (χ0n) is 9.46. The van der Waals surface area contributed by atoms with Crippen LogP contribution in [0.3, 0.4) is 0 Å². The van der Waals surface area contributed by atoms with Crippen molar-refractivity contribution in [3.05, 3.63) is 52.5 Å². The average molecular weight is 246 g/mol. The zero-order chi connectivity index (χ0) is 11.8. The Morgan fingerprint density at radius 2 is 2.06 bits per heavy atom. The van der Waals surface area contributed by atoms with E-state index >= 15 is 0 Å². The minimum atomic E-state index is 0.682. The molecule has 0 aliphatic carbocycles. The summed E-state index contributed by atoms with van der Waals surface area (Å²) in [5, 5.41) is 4.05. The van der Waals surface area contributed by atoms with Gasteiger partial charge >= 0.3 is 0 Å². The van der Waals surface area contributed by atoms with Crippen molar-refractivity contribution in [1.82, 2.24) is 0 Å². The third kappa shape index (κ3) is 1.85. The Bertz CT molecular complexity index is 580. The second kappa shape index (κ2) is 3.97. The molecule has 3 rings (SSSR count). The fraction of sp³-hybridized carbons (Fsp3) is 0.143. The molecular formula is C14H12ClNO. The van der Waals surface area contributed by atoms with Crippen LogP contribution < -0.4 is 10.1 Å². The second-order valence-corrected chi connectivity index (χ2v) is 4.58. The fourth-order valence-electron chi connectivity index (χ4n) is 2.03. The van der Waals surface area contributed by atoms with Gasteiger partial charge in [-0.15, -0.1) is 0 Å². The van der Waals surface area contributed by atoms with E-state index in [-0.39, 0.29) is 0 Å². The van der Waals surface area contributed by atoms with Crippen molar-refractivity contribution in [2.24, 2.45) is 0 Å². The molecule has 0 saturated carbocycles. The number of ether oxygens (including phenoxy) is 1. The number of hydrogen-bond donors (Lipinski definition) is 1. The smallest absolute Gasteiger partial charge is 0.152 e. The van der Waals surface area contributed by atoms with Crippen LogP contribution in [0.1, 0.15) is 11.1 Å². The predicted octanol–water partition coefficient (Wildman–Crippen LogP) is 4.37. The van der Waals surface area contributed by atoms with Gasteiger partial charge in [0.1, 0.15) is 5.75 Å². The van der Waals surface area contributed by atoms with Gasteiger partial charge in [0.05, 0.1) is 5.69 Å². The van der Waals surface area contributed by atoms with Crippen LogP contribution in [-0.4, -0.2) is 0 Å². The number of hydrogen-bond acceptors (Lipinski definition) is 2. The Balaban J connectivity index is 2.12. The number of rotatable bonds is 0. The van der Waals surface area contributed by atoms with Gasteiger partial charge in [0.15, 0.2) is 5.75 Å². The summed E-state index contributed by atoms with van der Waals surface area (Å²) in [6.45, 7) is 2.86. The van der Waals surface area contributed by atoms with Gasteiger partial charge in [-0.05, 0) is 30.7 Å². The first-order chi connectivity index (χ1) is 8.24. The number of halogens is 1. The summed E-state index contributed by atoms with van der Waals surface area (Å²) in [7, 11) is 0. The lowest BCUT2D eigenvalue weighted by Crippen LogP contribution is -1.98. The van der Waals surface area contributed by atoms with Crippen molar-refractivity contribution >= 4 is 17.3 Å². The molecule has 0 fully saturated rings. The molecule has 0 radical (unpaired) electrons. The largest absolute Gasteiger partial charge is 0.455 e. The van der Waals surface area contributed by atoms with Crippen molar-refractivity contribution in [3.63, 3.8) is 0 Å². The van der Waals surface area contributed by atoms with E-state index < -0.39 is 0 Å². The average Bonchev–Trinajstić information content (AvgIpc) is 2.48. The molecule has 3 heteroatoms. The number of nitrogens with one attached hydrogen (secondary N) is 1. The summed E-state index contributed by atoms with van der Waals surface area (Å²) in [5.74, 6) is 1.68. The van der Waals surface area contributed by atoms with Gasteiger partial charge in [-0.3, -0.25) is 0 Å². The number of fused-ring (bicyclic) bond motifs is 2. The first-order valence-corrected chi connectivity index (χ1v) is 5.91. The molecule has 0 unspecified atom stereocenters. The van der Waals surface area contributed by atoms with Gasteiger partial charge in [-0.2, -0.15) is 0 Å². The van der Waals surface area contributed by atoms with E-state index in [0.29, 0.717) is 5.02 Å². The molecule has 0 atom stereocenters. The first kappa shape index (κ1) is 10.5. The third-order valence-corrected chi connectivity index (χ3v) is 3.22. The number of anilines is 1. The highest BCUT2D eigenvalue weighted by Gasteiger charge is 2.15. The quantitative estimate of drug-likeness (QED) is 0.744. The van der Waals surface area contributed by atoms with Gasteiger partial charge in [-0.25, -0.2) is 0 Å². The molecule has 2 aromatic carbocycles. The molecule has 1 N–H and O–H groups in total. The predicted molar refractivity (Wildman–Crippen MR) is 70.0 cm³/mol. The van der Waals surface area contributed by atoms with E-state index in [9.17, 15) is 0 Å². The second-order valence-electron chi connectivity index (χ2n) is 4.15. The van der Waals surface area contributed by atoms with Gasteiger partial charge in [-0.1, -0.05) is 23.7 Å². The summed E-state index contributed by atoms with van der Waals surface area (Å²) in [5.41, 5.74) is 3.40. The summed E-state index contributed by atoms with van der Waals surface area (Å²) in [6, 6.07) is 11.7. The van der Waals surface area contributed by atoms with E-state index in [0.717, 1.165) is 23.7 Å². The summed E-state index contributed by atoms with van der Waals surface area (Å²) in [6.07, 6.45) is 0. The lowest BCUT2D eigenvalue weighted by molar-refractivity contribution is 0.483. The van der Waals surface area contributed by atoms with Crippen LogP contribution in [0.4, 0.5) is 5.69 Å². The van der Waals surface area contributed by atoms with Crippen molar-refractivity contribution in [2.75, 3.05) is 5.32 Å². The number of aryl methyl sites for hydroxylation is 1. The SMILES string of the molecule is Cc1cccc2c1CNc1ccc(Cl)cc1O2. The molecule has 2 nitrogen and oxygen atoms in total. The van der Waals surface area contributed by atoms with Gasteiger partial charge < -0.3 is 10.1 Å². The third-order valence-electron chi connectivity index (χ3n) is 2.99. The molecule has 17 heavy (non-hydrogen) atoms. The highest BCUT2D eigenvalue weighted by atomic mass is 35.5. The van der Waals surface area contributed by atoms with Crippen molar-refractivity contribution < 1.29 is 4.74 Å². The topological polar surface area (TPSA) is 21.3 Å². The van der Waals surface area contributed by atoms with Crippen molar-refractivity contribution in [1.29, 1.82) is 0 Å². The summed E-state index contributed by atoms with van der Waals surface area (Å²) in [4.78, 5) is 0. The van der Waals surface area contributed by atoms with Crippen LogP contribution >= 0.6 is 11.6 Å². The molecule has 0 saturated heterocycles. The van der Waals surface area contributed by atoms with Crippen LogP contribution in [0.5, 0.6) is 11.5 Å². The van der Waals surface area contributed by atoms with Crippen molar-refractivity contribution in [2.45, 2.75) is 13.5 Å². The van der Waals surface area contributed by atoms with E-state index in [1.54, 1.807) is 0 Å². The maximum atomic E-state index is 5.98. The van der Waals surface area contributed by atoms with Gasteiger partial charge in [0.25, 0.3) is 0 Å². The molecule has 2 aromatic rings. The molecule has 86 valence electrons.